The van der Waals surface area contributed by atoms with Gasteiger partial charge in [-0.05, 0) is 37.5 Å². The number of hydrogen-bond donors (Lipinski definition) is 1. The van der Waals surface area contributed by atoms with Crippen LogP contribution in [0.2, 0.25) is 0 Å². The Labute approximate surface area is 89.4 Å². The molecule has 3 heteroatoms. The number of rotatable bonds is 2. The molecule has 15 heavy (non-hydrogen) atoms. The Morgan fingerprint density at radius 2 is 2.27 bits per heavy atom. The minimum atomic E-state index is 0.0435. The van der Waals surface area contributed by atoms with Crippen molar-refractivity contribution in [1.82, 2.24) is 0 Å². The number of anilines is 1. The highest BCUT2D eigenvalue weighted by Crippen LogP contribution is 2.30. The van der Waals surface area contributed by atoms with Crippen LogP contribution in [0.5, 0.6) is 5.75 Å². The van der Waals surface area contributed by atoms with Gasteiger partial charge >= 0.3 is 0 Å². The summed E-state index contributed by atoms with van der Waals surface area (Å²) in [4.78, 5) is 11.4. The van der Waals surface area contributed by atoms with Gasteiger partial charge in [-0.1, -0.05) is 0 Å². The van der Waals surface area contributed by atoms with Crippen molar-refractivity contribution < 1.29 is 9.53 Å². The summed E-state index contributed by atoms with van der Waals surface area (Å²) in [7, 11) is 1.60. The zero-order chi connectivity index (χ0) is 10.8. The van der Waals surface area contributed by atoms with Crippen LogP contribution in [0.4, 0.5) is 5.69 Å². The van der Waals surface area contributed by atoms with Crippen LogP contribution in [0.15, 0.2) is 12.1 Å². The summed E-state index contributed by atoms with van der Waals surface area (Å²) in [6, 6.07) is 3.87. The average Bonchev–Trinajstić information content (AvgIpc) is 2.27. The van der Waals surface area contributed by atoms with Crippen LogP contribution >= 0.6 is 0 Å². The van der Waals surface area contributed by atoms with Crippen LogP contribution in [0.3, 0.4) is 0 Å². The fraction of sp³-hybridized carbons (Fsp3) is 0.417. The Balaban J connectivity index is 2.51. The zero-order valence-corrected chi connectivity index (χ0v) is 9.09. The number of Topliss-reactive ketones (excluding diaryl/α,β-unsaturated/α-hetero) is 1. The van der Waals surface area contributed by atoms with Gasteiger partial charge in [0.15, 0.2) is 5.78 Å². The third kappa shape index (κ3) is 1.82. The van der Waals surface area contributed by atoms with E-state index in [1.54, 1.807) is 14.0 Å². The lowest BCUT2D eigenvalue weighted by molar-refractivity contribution is 0.101. The second-order valence-corrected chi connectivity index (χ2v) is 3.80. The van der Waals surface area contributed by atoms with E-state index in [4.69, 9.17) is 4.74 Å². The van der Waals surface area contributed by atoms with Crippen LogP contribution in [-0.4, -0.2) is 19.4 Å². The number of nitrogens with one attached hydrogen (secondary N) is 1. The van der Waals surface area contributed by atoms with Gasteiger partial charge in [-0.2, -0.15) is 0 Å². The number of benzene rings is 1. The first-order chi connectivity index (χ1) is 7.22. The third-order valence-electron chi connectivity index (χ3n) is 2.74. The van der Waals surface area contributed by atoms with E-state index in [1.165, 1.54) is 5.56 Å². The molecule has 0 aromatic heterocycles. The number of ketones is 1. The van der Waals surface area contributed by atoms with E-state index in [0.717, 1.165) is 25.1 Å². The molecule has 0 radical (unpaired) electrons. The van der Waals surface area contributed by atoms with E-state index in [-0.39, 0.29) is 5.78 Å². The lowest BCUT2D eigenvalue weighted by Gasteiger charge is -2.20. The van der Waals surface area contributed by atoms with E-state index in [0.29, 0.717) is 11.3 Å². The predicted octanol–water partition coefficient (Wildman–Crippen LogP) is 2.26. The summed E-state index contributed by atoms with van der Waals surface area (Å²) in [5, 5.41) is 3.30. The maximum absolute atomic E-state index is 11.4. The summed E-state index contributed by atoms with van der Waals surface area (Å²) in [6.07, 6.45) is 2.19. The highest BCUT2D eigenvalue weighted by atomic mass is 16.5. The SMILES string of the molecule is COc1cc2c(cc1C(C)=O)NCCC2. The van der Waals surface area contributed by atoms with E-state index in [9.17, 15) is 4.79 Å². The van der Waals surface area contributed by atoms with Gasteiger partial charge in [0.05, 0.1) is 12.7 Å². The third-order valence-corrected chi connectivity index (χ3v) is 2.74. The topological polar surface area (TPSA) is 38.3 Å². The van der Waals surface area contributed by atoms with Crippen molar-refractivity contribution in [3.05, 3.63) is 23.3 Å². The molecule has 0 amide bonds. The molecular formula is C12H15NO2. The molecule has 0 unspecified atom stereocenters. The van der Waals surface area contributed by atoms with E-state index in [2.05, 4.69) is 5.32 Å². The van der Waals surface area contributed by atoms with Crippen molar-refractivity contribution in [1.29, 1.82) is 0 Å². The fourth-order valence-electron chi connectivity index (χ4n) is 1.94. The molecule has 1 heterocycles. The van der Waals surface area contributed by atoms with Crippen molar-refractivity contribution in [2.24, 2.45) is 0 Å². The van der Waals surface area contributed by atoms with Crippen molar-refractivity contribution in [3.63, 3.8) is 0 Å². The van der Waals surface area contributed by atoms with Gasteiger partial charge in [0.25, 0.3) is 0 Å². The summed E-state index contributed by atoms with van der Waals surface area (Å²) in [5.41, 5.74) is 2.97. The maximum Gasteiger partial charge on any atom is 0.163 e. The number of carbonyl (C=O) groups is 1. The summed E-state index contributed by atoms with van der Waals surface area (Å²) >= 11 is 0. The summed E-state index contributed by atoms with van der Waals surface area (Å²) < 4.78 is 5.22. The number of methoxy groups -OCH3 is 1. The fourth-order valence-corrected chi connectivity index (χ4v) is 1.94. The number of fused-ring (bicyclic) bond motifs is 1. The highest BCUT2D eigenvalue weighted by molar-refractivity contribution is 5.98. The van der Waals surface area contributed by atoms with Gasteiger partial charge in [0.2, 0.25) is 0 Å². The molecule has 0 bridgehead atoms. The first-order valence-electron chi connectivity index (χ1n) is 5.18. The molecule has 2 rings (SSSR count). The molecule has 0 saturated heterocycles. The largest absolute Gasteiger partial charge is 0.496 e. The van der Waals surface area contributed by atoms with Crippen LogP contribution in [-0.2, 0) is 6.42 Å². The zero-order valence-electron chi connectivity index (χ0n) is 9.09. The number of aryl methyl sites for hydroxylation is 1. The van der Waals surface area contributed by atoms with Crippen molar-refractivity contribution in [2.45, 2.75) is 19.8 Å². The summed E-state index contributed by atoms with van der Waals surface area (Å²) in [5.74, 6) is 0.729. The second kappa shape index (κ2) is 3.93. The molecule has 1 aliphatic rings. The van der Waals surface area contributed by atoms with E-state index < -0.39 is 0 Å². The van der Waals surface area contributed by atoms with Crippen LogP contribution in [0, 0.1) is 0 Å². The molecule has 1 aliphatic heterocycles. The average molecular weight is 205 g/mol. The number of ether oxygens (including phenoxy) is 1. The van der Waals surface area contributed by atoms with E-state index >= 15 is 0 Å². The van der Waals surface area contributed by atoms with Gasteiger partial charge < -0.3 is 10.1 Å². The molecule has 1 aromatic rings. The molecule has 0 saturated carbocycles. The Morgan fingerprint density at radius 1 is 1.47 bits per heavy atom. The Bertz CT molecular complexity index is 399. The molecule has 80 valence electrons. The van der Waals surface area contributed by atoms with Gasteiger partial charge in [-0.3, -0.25) is 4.79 Å². The molecule has 3 nitrogen and oxygen atoms in total. The van der Waals surface area contributed by atoms with Crippen LogP contribution < -0.4 is 10.1 Å². The van der Waals surface area contributed by atoms with E-state index in [1.807, 2.05) is 12.1 Å². The standard InChI is InChI=1S/C12H15NO2/c1-8(14)10-7-11-9(4-3-5-13-11)6-12(10)15-2/h6-7,13H,3-5H2,1-2H3. The monoisotopic (exact) mass is 205 g/mol. The first-order valence-corrected chi connectivity index (χ1v) is 5.18. The van der Waals surface area contributed by atoms with Gasteiger partial charge in [0.1, 0.15) is 5.75 Å². The Kier molecular flexibility index (Phi) is 2.62. The molecule has 1 aromatic carbocycles. The number of carbonyl (C=O) groups excluding carboxylic acids is 1. The molecule has 0 aliphatic carbocycles. The Morgan fingerprint density at radius 3 is 2.93 bits per heavy atom. The molecule has 0 atom stereocenters. The summed E-state index contributed by atoms with van der Waals surface area (Å²) in [6.45, 7) is 2.55. The number of hydrogen-bond acceptors (Lipinski definition) is 3. The quantitative estimate of drug-likeness (QED) is 0.752. The van der Waals surface area contributed by atoms with Crippen molar-refractivity contribution >= 4 is 11.5 Å². The maximum atomic E-state index is 11.4. The molecular weight excluding hydrogens is 190 g/mol. The smallest absolute Gasteiger partial charge is 0.163 e. The molecule has 1 N–H and O–H groups in total. The van der Waals surface area contributed by atoms with Crippen LogP contribution in [0.25, 0.3) is 0 Å². The van der Waals surface area contributed by atoms with Crippen molar-refractivity contribution in [2.75, 3.05) is 19.0 Å². The van der Waals surface area contributed by atoms with Gasteiger partial charge in [-0.15, -0.1) is 0 Å². The molecule has 0 fully saturated rings. The Hall–Kier alpha value is -1.51. The lowest BCUT2D eigenvalue weighted by Crippen LogP contribution is -2.13. The lowest BCUT2D eigenvalue weighted by atomic mass is 9.99. The highest BCUT2D eigenvalue weighted by Gasteiger charge is 2.15. The van der Waals surface area contributed by atoms with Crippen LogP contribution in [0.1, 0.15) is 29.3 Å². The second-order valence-electron chi connectivity index (χ2n) is 3.80. The van der Waals surface area contributed by atoms with Gasteiger partial charge in [-0.25, -0.2) is 0 Å². The predicted molar refractivity (Wildman–Crippen MR) is 59.8 cm³/mol. The minimum Gasteiger partial charge on any atom is -0.496 e. The normalized spacial score (nSPS) is 14.0. The molecule has 0 spiro atoms. The minimum absolute atomic E-state index is 0.0435. The van der Waals surface area contributed by atoms with Crippen molar-refractivity contribution in [3.8, 4) is 5.75 Å². The first kappa shape index (κ1) is 10.0. The van der Waals surface area contributed by atoms with Gasteiger partial charge in [0, 0.05) is 12.2 Å².